The van der Waals surface area contributed by atoms with Gasteiger partial charge in [-0.15, -0.1) is 0 Å². The maximum absolute atomic E-state index is 12.3. The standard InChI is InChI=1S/C21H27ClN4OS/c1-15(16-9-5-3-6-10-16)23-20(27)14-28-21-24-18(22)13-19(25-21)26(2)17-11-7-4-8-12-17/h3,5-6,9-10,13,15,17H,4,7-8,11-12,14H2,1-2H3,(H,23,27). The molecule has 1 N–H and O–H groups in total. The molecule has 1 aromatic heterocycles. The highest BCUT2D eigenvalue weighted by molar-refractivity contribution is 7.99. The summed E-state index contributed by atoms with van der Waals surface area (Å²) in [6.07, 6.45) is 6.19. The molecule has 0 saturated heterocycles. The minimum absolute atomic E-state index is 0.0393. The van der Waals surface area contributed by atoms with E-state index in [1.54, 1.807) is 6.07 Å². The quantitative estimate of drug-likeness (QED) is 0.395. The van der Waals surface area contributed by atoms with Crippen LogP contribution in [0.3, 0.4) is 0 Å². The Kier molecular flexibility index (Phi) is 7.57. The Labute approximate surface area is 176 Å². The van der Waals surface area contributed by atoms with E-state index in [1.807, 2.05) is 37.3 Å². The van der Waals surface area contributed by atoms with Gasteiger partial charge in [-0.3, -0.25) is 4.79 Å². The fourth-order valence-electron chi connectivity index (χ4n) is 3.52. The molecule has 1 heterocycles. The number of carbonyl (C=O) groups excluding carboxylic acids is 1. The molecule has 0 aliphatic heterocycles. The van der Waals surface area contributed by atoms with Crippen molar-refractivity contribution >= 4 is 35.1 Å². The largest absolute Gasteiger partial charge is 0.357 e. The van der Waals surface area contributed by atoms with Crippen LogP contribution in [0, 0.1) is 0 Å². The minimum atomic E-state index is -0.0490. The van der Waals surface area contributed by atoms with Gasteiger partial charge >= 0.3 is 0 Å². The average Bonchev–Trinajstić information content (AvgIpc) is 2.72. The second kappa shape index (κ2) is 10.1. The average molecular weight is 419 g/mol. The molecule has 1 aliphatic rings. The van der Waals surface area contributed by atoms with Gasteiger partial charge in [0.1, 0.15) is 11.0 Å². The van der Waals surface area contributed by atoms with Crippen LogP contribution in [0.15, 0.2) is 41.6 Å². The number of carbonyl (C=O) groups is 1. The van der Waals surface area contributed by atoms with Gasteiger partial charge in [0.15, 0.2) is 5.16 Å². The number of rotatable bonds is 7. The van der Waals surface area contributed by atoms with E-state index in [2.05, 4.69) is 27.2 Å². The second-order valence-electron chi connectivity index (χ2n) is 7.22. The van der Waals surface area contributed by atoms with Crippen molar-refractivity contribution in [2.75, 3.05) is 17.7 Å². The molecule has 1 saturated carbocycles. The summed E-state index contributed by atoms with van der Waals surface area (Å²) in [4.78, 5) is 23.4. The summed E-state index contributed by atoms with van der Waals surface area (Å²) in [5, 5.41) is 3.96. The summed E-state index contributed by atoms with van der Waals surface area (Å²) in [6, 6.07) is 12.2. The number of anilines is 1. The lowest BCUT2D eigenvalue weighted by Crippen LogP contribution is -2.34. The normalized spacial score (nSPS) is 15.8. The fourth-order valence-corrected chi connectivity index (χ4v) is 4.42. The Bertz CT molecular complexity index is 783. The van der Waals surface area contributed by atoms with Crippen molar-refractivity contribution in [3.8, 4) is 0 Å². The number of nitrogens with zero attached hydrogens (tertiary/aromatic N) is 3. The predicted molar refractivity (Wildman–Crippen MR) is 116 cm³/mol. The van der Waals surface area contributed by atoms with Crippen LogP contribution in [-0.2, 0) is 4.79 Å². The third kappa shape index (κ3) is 5.85. The van der Waals surface area contributed by atoms with Crippen molar-refractivity contribution < 1.29 is 4.79 Å². The molecule has 0 spiro atoms. The molecule has 28 heavy (non-hydrogen) atoms. The molecule has 1 unspecified atom stereocenters. The Morgan fingerprint density at radius 1 is 1.25 bits per heavy atom. The predicted octanol–water partition coefficient (Wildman–Crippen LogP) is 4.87. The van der Waals surface area contributed by atoms with Crippen molar-refractivity contribution in [3.05, 3.63) is 47.1 Å². The molecule has 1 aromatic carbocycles. The molecular weight excluding hydrogens is 392 g/mol. The first-order chi connectivity index (χ1) is 13.5. The van der Waals surface area contributed by atoms with Crippen LogP contribution >= 0.6 is 23.4 Å². The van der Waals surface area contributed by atoms with Gasteiger partial charge in [0.2, 0.25) is 5.91 Å². The number of hydrogen-bond donors (Lipinski definition) is 1. The lowest BCUT2D eigenvalue weighted by Gasteiger charge is -2.32. The smallest absolute Gasteiger partial charge is 0.230 e. The Morgan fingerprint density at radius 2 is 1.96 bits per heavy atom. The topological polar surface area (TPSA) is 58.1 Å². The van der Waals surface area contributed by atoms with Crippen LogP contribution in [0.4, 0.5) is 5.82 Å². The van der Waals surface area contributed by atoms with Gasteiger partial charge < -0.3 is 10.2 Å². The van der Waals surface area contributed by atoms with Crippen molar-refractivity contribution in [1.82, 2.24) is 15.3 Å². The lowest BCUT2D eigenvalue weighted by atomic mass is 9.94. The Hall–Kier alpha value is -1.79. The van der Waals surface area contributed by atoms with Crippen LogP contribution in [0.2, 0.25) is 5.15 Å². The molecule has 1 atom stereocenters. The summed E-state index contributed by atoms with van der Waals surface area (Å²) in [5.74, 6) is 1.03. The number of thioether (sulfide) groups is 1. The van der Waals surface area contributed by atoms with Gasteiger partial charge in [0.25, 0.3) is 0 Å². The minimum Gasteiger partial charge on any atom is -0.357 e. The molecule has 7 heteroatoms. The Morgan fingerprint density at radius 3 is 2.68 bits per heavy atom. The maximum Gasteiger partial charge on any atom is 0.230 e. The number of hydrogen-bond acceptors (Lipinski definition) is 5. The van der Waals surface area contributed by atoms with Crippen molar-refractivity contribution in [1.29, 1.82) is 0 Å². The molecule has 0 radical (unpaired) electrons. The van der Waals surface area contributed by atoms with Crippen LogP contribution in [0.1, 0.15) is 50.6 Å². The Balaban J connectivity index is 1.58. The summed E-state index contributed by atoms with van der Waals surface area (Å²) in [6.45, 7) is 1.98. The first-order valence-corrected chi connectivity index (χ1v) is 11.1. The van der Waals surface area contributed by atoms with E-state index in [-0.39, 0.29) is 17.7 Å². The van der Waals surface area contributed by atoms with Crippen LogP contribution in [0.25, 0.3) is 0 Å². The van der Waals surface area contributed by atoms with Gasteiger partial charge in [-0.25, -0.2) is 9.97 Å². The molecule has 5 nitrogen and oxygen atoms in total. The van der Waals surface area contributed by atoms with Crippen molar-refractivity contribution in [2.45, 2.75) is 56.3 Å². The maximum atomic E-state index is 12.3. The molecule has 1 aliphatic carbocycles. The first kappa shape index (κ1) is 20.9. The van der Waals surface area contributed by atoms with Gasteiger partial charge in [0, 0.05) is 19.2 Å². The van der Waals surface area contributed by atoms with E-state index in [0.717, 1.165) is 11.4 Å². The van der Waals surface area contributed by atoms with Gasteiger partial charge in [-0.05, 0) is 25.3 Å². The zero-order valence-electron chi connectivity index (χ0n) is 16.4. The number of aromatic nitrogens is 2. The number of nitrogens with one attached hydrogen (secondary N) is 1. The molecular formula is C21H27ClN4OS. The first-order valence-electron chi connectivity index (χ1n) is 9.77. The molecule has 1 fully saturated rings. The van der Waals surface area contributed by atoms with Crippen LogP contribution < -0.4 is 10.2 Å². The number of amides is 1. The molecule has 0 bridgehead atoms. The van der Waals surface area contributed by atoms with Gasteiger partial charge in [0.05, 0.1) is 11.8 Å². The summed E-state index contributed by atoms with van der Waals surface area (Å²) >= 11 is 7.53. The van der Waals surface area contributed by atoms with E-state index in [4.69, 9.17) is 11.6 Å². The van der Waals surface area contributed by atoms with Crippen molar-refractivity contribution in [3.63, 3.8) is 0 Å². The third-order valence-corrected chi connectivity index (χ3v) is 6.19. The molecule has 2 aromatic rings. The number of halogens is 1. The fraction of sp³-hybridized carbons (Fsp3) is 0.476. The zero-order valence-corrected chi connectivity index (χ0v) is 18.0. The van der Waals surface area contributed by atoms with E-state index in [9.17, 15) is 4.79 Å². The molecule has 150 valence electrons. The monoisotopic (exact) mass is 418 g/mol. The number of benzene rings is 1. The van der Waals surface area contributed by atoms with Gasteiger partial charge in [-0.1, -0.05) is 73.0 Å². The highest BCUT2D eigenvalue weighted by Crippen LogP contribution is 2.27. The van der Waals surface area contributed by atoms with E-state index in [0.29, 0.717) is 16.4 Å². The zero-order chi connectivity index (χ0) is 19.9. The highest BCUT2D eigenvalue weighted by Gasteiger charge is 2.20. The highest BCUT2D eigenvalue weighted by atomic mass is 35.5. The van der Waals surface area contributed by atoms with Gasteiger partial charge in [-0.2, -0.15) is 0 Å². The third-order valence-electron chi connectivity index (χ3n) is 5.15. The van der Waals surface area contributed by atoms with E-state index >= 15 is 0 Å². The lowest BCUT2D eigenvalue weighted by molar-refractivity contribution is -0.119. The molecule has 1 amide bonds. The van der Waals surface area contributed by atoms with Crippen LogP contribution in [-0.4, -0.2) is 34.7 Å². The summed E-state index contributed by atoms with van der Waals surface area (Å²) in [7, 11) is 2.07. The summed E-state index contributed by atoms with van der Waals surface area (Å²) in [5.41, 5.74) is 1.08. The SMILES string of the molecule is CC(NC(=O)CSc1nc(Cl)cc(N(C)C2CCCCC2)n1)c1ccccc1. The summed E-state index contributed by atoms with van der Waals surface area (Å²) < 4.78 is 0. The van der Waals surface area contributed by atoms with E-state index < -0.39 is 0 Å². The second-order valence-corrected chi connectivity index (χ2v) is 8.55. The van der Waals surface area contributed by atoms with Crippen LogP contribution in [0.5, 0.6) is 0 Å². The molecule has 3 rings (SSSR count). The van der Waals surface area contributed by atoms with E-state index in [1.165, 1.54) is 43.9 Å². The van der Waals surface area contributed by atoms with Crippen molar-refractivity contribution in [2.24, 2.45) is 0 Å².